The number of benzene rings is 1. The van der Waals surface area contributed by atoms with Crippen LogP contribution in [0.25, 0.3) is 0 Å². The van der Waals surface area contributed by atoms with E-state index in [1.54, 1.807) is 0 Å². The van der Waals surface area contributed by atoms with Gasteiger partial charge in [-0.2, -0.15) is 0 Å². The van der Waals surface area contributed by atoms with Crippen LogP contribution < -0.4 is 15.1 Å². The summed E-state index contributed by atoms with van der Waals surface area (Å²) in [6.45, 7) is 4.42. The standard InChI is InChI=1S/C17H19FN4O4/c18-13-3-1-2-4-14(13)22-16(24)12(15(23)20-17(22)25)11-19-5-6-21-7-9-26-10-8-21/h1-4,11-12H,5-10H2,(H,20,23,25)/p+1/t12-/m1/s1. The van der Waals surface area contributed by atoms with Crippen LogP contribution in [0.5, 0.6) is 0 Å². The largest absolute Gasteiger partial charge is 0.370 e. The number of carbonyl (C=O) groups is 3. The maximum absolute atomic E-state index is 14.0. The van der Waals surface area contributed by atoms with Gasteiger partial charge in [-0.25, -0.2) is 14.1 Å². The number of aliphatic imine (C=N–C) groups is 1. The van der Waals surface area contributed by atoms with Gasteiger partial charge < -0.3 is 9.64 Å². The molecule has 138 valence electrons. The lowest BCUT2D eigenvalue weighted by Gasteiger charge is -2.28. The van der Waals surface area contributed by atoms with Crippen LogP contribution in [0.3, 0.4) is 0 Å². The highest BCUT2D eigenvalue weighted by Crippen LogP contribution is 2.23. The molecule has 1 aromatic carbocycles. The number of rotatable bonds is 5. The number of carbonyl (C=O) groups excluding carboxylic acids is 3. The first-order chi connectivity index (χ1) is 12.6. The zero-order valence-electron chi connectivity index (χ0n) is 14.1. The topological polar surface area (TPSA) is 92.5 Å². The first-order valence-corrected chi connectivity index (χ1v) is 8.42. The van der Waals surface area contributed by atoms with E-state index >= 15 is 0 Å². The second-order valence-corrected chi connectivity index (χ2v) is 6.06. The molecule has 8 nitrogen and oxygen atoms in total. The number of barbiturate groups is 1. The number of ether oxygens (including phenoxy) is 1. The number of quaternary nitrogens is 1. The fourth-order valence-corrected chi connectivity index (χ4v) is 2.90. The van der Waals surface area contributed by atoms with Gasteiger partial charge in [0.1, 0.15) is 18.9 Å². The van der Waals surface area contributed by atoms with Crippen molar-refractivity contribution in [1.29, 1.82) is 0 Å². The monoisotopic (exact) mass is 363 g/mol. The van der Waals surface area contributed by atoms with Gasteiger partial charge in [0.15, 0.2) is 5.92 Å². The van der Waals surface area contributed by atoms with Crippen LogP contribution in [0.15, 0.2) is 29.3 Å². The summed E-state index contributed by atoms with van der Waals surface area (Å²) in [4.78, 5) is 42.7. The van der Waals surface area contributed by atoms with Crippen molar-refractivity contribution in [3.8, 4) is 0 Å². The highest BCUT2D eigenvalue weighted by molar-refractivity contribution is 6.32. The van der Waals surface area contributed by atoms with Gasteiger partial charge in [-0.3, -0.25) is 19.9 Å². The van der Waals surface area contributed by atoms with E-state index in [1.807, 2.05) is 0 Å². The molecule has 2 heterocycles. The van der Waals surface area contributed by atoms with Crippen LogP contribution >= 0.6 is 0 Å². The Morgan fingerprint density at radius 3 is 2.73 bits per heavy atom. The third-order valence-corrected chi connectivity index (χ3v) is 4.34. The Balaban J connectivity index is 1.67. The molecule has 0 radical (unpaired) electrons. The number of anilines is 1. The van der Waals surface area contributed by atoms with Gasteiger partial charge >= 0.3 is 6.03 Å². The molecule has 2 aliphatic rings. The lowest BCUT2D eigenvalue weighted by atomic mass is 10.1. The van der Waals surface area contributed by atoms with E-state index in [2.05, 4.69) is 10.3 Å². The summed E-state index contributed by atoms with van der Waals surface area (Å²) >= 11 is 0. The summed E-state index contributed by atoms with van der Waals surface area (Å²) in [5, 5.41) is 2.07. The van der Waals surface area contributed by atoms with Crippen molar-refractivity contribution in [2.75, 3.05) is 44.3 Å². The number of halogens is 1. The molecule has 0 spiro atoms. The van der Waals surface area contributed by atoms with Crippen molar-refractivity contribution in [3.05, 3.63) is 30.1 Å². The van der Waals surface area contributed by atoms with E-state index < -0.39 is 29.6 Å². The molecule has 3 rings (SSSR count). The maximum Gasteiger partial charge on any atom is 0.335 e. The number of nitrogens with zero attached hydrogens (tertiary/aromatic N) is 2. The second-order valence-electron chi connectivity index (χ2n) is 6.06. The highest BCUT2D eigenvalue weighted by atomic mass is 19.1. The van der Waals surface area contributed by atoms with Crippen LogP contribution in [0.1, 0.15) is 0 Å². The van der Waals surface area contributed by atoms with E-state index in [9.17, 15) is 18.8 Å². The Kier molecular flexibility index (Phi) is 5.69. The fourth-order valence-electron chi connectivity index (χ4n) is 2.90. The average Bonchev–Trinajstić information content (AvgIpc) is 2.63. The Hall–Kier alpha value is -2.65. The smallest absolute Gasteiger partial charge is 0.335 e. The fraction of sp³-hybridized carbons (Fsp3) is 0.412. The molecule has 1 aromatic rings. The van der Waals surface area contributed by atoms with Gasteiger partial charge in [0.05, 0.1) is 32.0 Å². The molecule has 0 aliphatic carbocycles. The molecule has 26 heavy (non-hydrogen) atoms. The molecular formula is C17H20FN4O4+. The first kappa shape index (κ1) is 18.2. The SMILES string of the molecule is O=C1NC(=O)N(c2ccccc2F)C(=O)[C@@H]1C=NCC[NH+]1CCOCC1. The normalized spacial score (nSPS) is 22.1. The van der Waals surface area contributed by atoms with E-state index in [0.29, 0.717) is 24.7 Å². The molecule has 2 saturated heterocycles. The van der Waals surface area contributed by atoms with Crippen LogP contribution in [-0.2, 0) is 14.3 Å². The predicted octanol–water partition coefficient (Wildman–Crippen LogP) is -0.989. The van der Waals surface area contributed by atoms with Crippen LogP contribution in [0.4, 0.5) is 14.9 Å². The minimum absolute atomic E-state index is 0.196. The molecule has 0 aromatic heterocycles. The maximum atomic E-state index is 14.0. The highest BCUT2D eigenvalue weighted by Gasteiger charge is 2.41. The molecule has 2 N–H and O–H groups in total. The second kappa shape index (κ2) is 8.15. The van der Waals surface area contributed by atoms with Gasteiger partial charge in [-0.15, -0.1) is 0 Å². The predicted molar refractivity (Wildman–Crippen MR) is 90.7 cm³/mol. The van der Waals surface area contributed by atoms with Crippen molar-refractivity contribution in [2.24, 2.45) is 10.9 Å². The number of morpholine rings is 1. The minimum atomic E-state index is -1.26. The molecule has 2 fully saturated rings. The Morgan fingerprint density at radius 2 is 2.00 bits per heavy atom. The number of hydrogen-bond donors (Lipinski definition) is 2. The summed E-state index contributed by atoms with van der Waals surface area (Å²) < 4.78 is 19.2. The van der Waals surface area contributed by atoms with Crippen molar-refractivity contribution < 1.29 is 28.4 Å². The van der Waals surface area contributed by atoms with Crippen LogP contribution in [-0.4, -0.2) is 63.5 Å². The average molecular weight is 363 g/mol. The number of imide groups is 2. The first-order valence-electron chi connectivity index (χ1n) is 8.42. The zero-order chi connectivity index (χ0) is 18.5. The summed E-state index contributed by atoms with van der Waals surface area (Å²) in [6, 6.07) is 4.43. The van der Waals surface area contributed by atoms with E-state index in [1.165, 1.54) is 29.3 Å². The number of nitrogens with one attached hydrogen (secondary N) is 2. The molecular weight excluding hydrogens is 343 g/mol. The Bertz CT molecular complexity index is 733. The molecule has 0 unspecified atom stereocenters. The summed E-state index contributed by atoms with van der Waals surface area (Å²) in [6.07, 6.45) is 1.23. The van der Waals surface area contributed by atoms with Gasteiger partial charge in [-0.1, -0.05) is 12.1 Å². The molecule has 4 amide bonds. The summed E-state index contributed by atoms with van der Waals surface area (Å²) in [5.74, 6) is -3.55. The van der Waals surface area contributed by atoms with Crippen LogP contribution in [0, 0.1) is 11.7 Å². The van der Waals surface area contributed by atoms with E-state index in [4.69, 9.17) is 4.74 Å². The van der Waals surface area contributed by atoms with E-state index in [-0.39, 0.29) is 5.69 Å². The molecule has 9 heteroatoms. The van der Waals surface area contributed by atoms with Crippen molar-refractivity contribution in [3.63, 3.8) is 0 Å². The molecule has 2 aliphatic heterocycles. The molecule has 1 atom stereocenters. The lowest BCUT2D eigenvalue weighted by Crippen LogP contribution is -3.14. The van der Waals surface area contributed by atoms with Gasteiger partial charge in [0, 0.05) is 6.21 Å². The quantitative estimate of drug-likeness (QED) is 0.519. The lowest BCUT2D eigenvalue weighted by molar-refractivity contribution is -0.906. The third kappa shape index (κ3) is 3.94. The summed E-state index contributed by atoms with van der Waals surface area (Å²) in [5.41, 5.74) is -0.196. The molecule has 0 saturated carbocycles. The minimum Gasteiger partial charge on any atom is -0.370 e. The van der Waals surface area contributed by atoms with Crippen molar-refractivity contribution >= 4 is 29.7 Å². The third-order valence-electron chi connectivity index (χ3n) is 4.34. The summed E-state index contributed by atoms with van der Waals surface area (Å²) in [7, 11) is 0. The van der Waals surface area contributed by atoms with Crippen molar-refractivity contribution in [2.45, 2.75) is 0 Å². The number of amides is 4. The number of para-hydroxylation sites is 1. The van der Waals surface area contributed by atoms with Crippen LogP contribution in [0.2, 0.25) is 0 Å². The van der Waals surface area contributed by atoms with E-state index in [0.717, 1.165) is 25.7 Å². The van der Waals surface area contributed by atoms with Gasteiger partial charge in [0.25, 0.3) is 5.91 Å². The number of urea groups is 1. The van der Waals surface area contributed by atoms with Gasteiger partial charge in [-0.05, 0) is 12.1 Å². The number of hydrogen-bond acceptors (Lipinski definition) is 5. The molecule has 0 bridgehead atoms. The van der Waals surface area contributed by atoms with Gasteiger partial charge in [0.2, 0.25) is 5.91 Å². The zero-order valence-corrected chi connectivity index (χ0v) is 14.1. The van der Waals surface area contributed by atoms with Crippen molar-refractivity contribution in [1.82, 2.24) is 5.32 Å². The Labute approximate surface area is 149 Å². The Morgan fingerprint density at radius 1 is 1.27 bits per heavy atom.